The van der Waals surface area contributed by atoms with E-state index in [0.717, 1.165) is 49.0 Å². The maximum Gasteiger partial charge on any atom is 0.387 e. The molecule has 0 aliphatic carbocycles. The molecule has 31 heavy (non-hydrogen) atoms. The molecule has 1 heterocycles. The lowest BCUT2D eigenvalue weighted by Crippen LogP contribution is -2.41. The normalized spacial score (nSPS) is 16.5. The van der Waals surface area contributed by atoms with Crippen molar-refractivity contribution >= 4 is 11.6 Å². The van der Waals surface area contributed by atoms with E-state index in [1.165, 1.54) is 0 Å². The molecule has 8 heteroatoms. The SMILES string of the molecule is CN=C(NCC1CCN(c2ccccc2OC)C1)N(C)Cc1ccc(OC(F)F)cc1. The van der Waals surface area contributed by atoms with Crippen molar-refractivity contribution in [3.05, 3.63) is 54.1 Å². The van der Waals surface area contributed by atoms with E-state index in [1.54, 1.807) is 38.4 Å². The first kappa shape index (κ1) is 22.7. The fourth-order valence-corrected chi connectivity index (χ4v) is 3.85. The number of nitrogens with zero attached hydrogens (tertiary/aromatic N) is 3. The zero-order chi connectivity index (χ0) is 22.2. The highest BCUT2D eigenvalue weighted by atomic mass is 19.3. The Kier molecular flexibility index (Phi) is 7.92. The third-order valence-electron chi connectivity index (χ3n) is 5.40. The third-order valence-corrected chi connectivity index (χ3v) is 5.40. The number of aliphatic imine (C=N–C) groups is 1. The van der Waals surface area contributed by atoms with Crippen LogP contribution in [0.3, 0.4) is 0 Å². The summed E-state index contributed by atoms with van der Waals surface area (Å²) in [6.45, 7) is 0.565. The molecule has 6 nitrogen and oxygen atoms in total. The Labute approximate surface area is 182 Å². The zero-order valence-electron chi connectivity index (χ0n) is 18.2. The van der Waals surface area contributed by atoms with Gasteiger partial charge in [-0.15, -0.1) is 0 Å². The summed E-state index contributed by atoms with van der Waals surface area (Å²) in [5, 5.41) is 3.46. The van der Waals surface area contributed by atoms with Gasteiger partial charge in [-0.2, -0.15) is 8.78 Å². The van der Waals surface area contributed by atoms with Crippen LogP contribution in [0.25, 0.3) is 0 Å². The number of guanidine groups is 1. The molecule has 0 amide bonds. The molecule has 1 aliphatic rings. The standard InChI is InChI=1S/C23H30F2N4O2/c1-26-23(28(2)15-17-8-10-19(11-9-17)31-22(24)25)27-14-18-12-13-29(16-18)20-6-4-5-7-21(20)30-3/h4-11,18,22H,12-16H2,1-3H3,(H,26,27). The number of benzene rings is 2. The molecule has 1 atom stereocenters. The van der Waals surface area contributed by atoms with Crippen LogP contribution in [0.5, 0.6) is 11.5 Å². The summed E-state index contributed by atoms with van der Waals surface area (Å²) in [5.74, 6) is 2.35. The Morgan fingerprint density at radius 2 is 1.97 bits per heavy atom. The summed E-state index contributed by atoms with van der Waals surface area (Å²) in [6, 6.07) is 14.8. The summed E-state index contributed by atoms with van der Waals surface area (Å²) >= 11 is 0. The van der Waals surface area contributed by atoms with Gasteiger partial charge in [-0.05, 0) is 42.2 Å². The van der Waals surface area contributed by atoms with Crippen LogP contribution in [-0.2, 0) is 6.54 Å². The number of alkyl halides is 2. The number of methoxy groups -OCH3 is 1. The Hall–Kier alpha value is -3.03. The van der Waals surface area contributed by atoms with Crippen molar-refractivity contribution in [3.8, 4) is 11.5 Å². The van der Waals surface area contributed by atoms with Gasteiger partial charge in [0.1, 0.15) is 11.5 Å². The first-order chi connectivity index (χ1) is 15.0. The molecule has 0 saturated carbocycles. The molecule has 1 fully saturated rings. The van der Waals surface area contributed by atoms with Crippen molar-refractivity contribution in [1.29, 1.82) is 0 Å². The second kappa shape index (κ2) is 10.8. The molecule has 1 aliphatic heterocycles. The Balaban J connectivity index is 1.50. The second-order valence-corrected chi connectivity index (χ2v) is 7.58. The predicted molar refractivity (Wildman–Crippen MR) is 119 cm³/mol. The van der Waals surface area contributed by atoms with E-state index in [9.17, 15) is 8.78 Å². The first-order valence-corrected chi connectivity index (χ1v) is 10.3. The highest BCUT2D eigenvalue weighted by Gasteiger charge is 2.25. The minimum Gasteiger partial charge on any atom is -0.495 e. The zero-order valence-corrected chi connectivity index (χ0v) is 18.2. The summed E-state index contributed by atoms with van der Waals surface area (Å²) in [5.41, 5.74) is 2.11. The highest BCUT2D eigenvalue weighted by Crippen LogP contribution is 2.31. The largest absolute Gasteiger partial charge is 0.495 e. The monoisotopic (exact) mass is 432 g/mol. The van der Waals surface area contributed by atoms with Crippen molar-refractivity contribution in [3.63, 3.8) is 0 Å². The first-order valence-electron chi connectivity index (χ1n) is 10.3. The minimum atomic E-state index is -2.81. The van der Waals surface area contributed by atoms with Gasteiger partial charge in [-0.25, -0.2) is 0 Å². The van der Waals surface area contributed by atoms with Crippen LogP contribution in [0.15, 0.2) is 53.5 Å². The molecule has 0 radical (unpaired) electrons. The Bertz CT molecular complexity index is 861. The lowest BCUT2D eigenvalue weighted by atomic mass is 10.1. The average Bonchev–Trinajstić information content (AvgIpc) is 3.24. The van der Waals surface area contributed by atoms with E-state index in [0.29, 0.717) is 12.5 Å². The van der Waals surface area contributed by atoms with Crippen LogP contribution in [0.2, 0.25) is 0 Å². The van der Waals surface area contributed by atoms with E-state index in [-0.39, 0.29) is 5.75 Å². The molecular formula is C23H30F2N4O2. The van der Waals surface area contributed by atoms with Crippen LogP contribution in [0.1, 0.15) is 12.0 Å². The minimum absolute atomic E-state index is 0.157. The molecular weight excluding hydrogens is 402 g/mol. The molecule has 1 unspecified atom stereocenters. The van der Waals surface area contributed by atoms with Crippen LogP contribution < -0.4 is 19.7 Å². The van der Waals surface area contributed by atoms with Gasteiger partial charge in [-0.1, -0.05) is 24.3 Å². The number of nitrogens with one attached hydrogen (secondary N) is 1. The van der Waals surface area contributed by atoms with Crippen molar-refractivity contribution in [2.75, 3.05) is 45.7 Å². The van der Waals surface area contributed by atoms with Crippen LogP contribution in [0, 0.1) is 5.92 Å². The van der Waals surface area contributed by atoms with E-state index >= 15 is 0 Å². The van der Waals surface area contributed by atoms with Gasteiger partial charge in [0.25, 0.3) is 0 Å². The molecule has 2 aromatic carbocycles. The maximum atomic E-state index is 12.3. The van der Waals surface area contributed by atoms with Gasteiger partial charge in [0, 0.05) is 40.3 Å². The third kappa shape index (κ3) is 6.23. The number of halogens is 2. The van der Waals surface area contributed by atoms with Gasteiger partial charge in [0.05, 0.1) is 12.8 Å². The van der Waals surface area contributed by atoms with Crippen LogP contribution >= 0.6 is 0 Å². The molecule has 0 aromatic heterocycles. The predicted octanol–water partition coefficient (Wildman–Crippen LogP) is 3.83. The lowest BCUT2D eigenvalue weighted by molar-refractivity contribution is -0.0498. The van der Waals surface area contributed by atoms with E-state index in [1.807, 2.05) is 30.1 Å². The van der Waals surface area contributed by atoms with E-state index in [4.69, 9.17) is 4.74 Å². The van der Waals surface area contributed by atoms with Crippen molar-refractivity contribution < 1.29 is 18.3 Å². The number of ether oxygens (including phenoxy) is 2. The van der Waals surface area contributed by atoms with Gasteiger partial charge in [-0.3, -0.25) is 4.99 Å². The van der Waals surface area contributed by atoms with Crippen molar-refractivity contribution in [2.24, 2.45) is 10.9 Å². The summed E-state index contributed by atoms with van der Waals surface area (Å²) in [4.78, 5) is 8.75. The average molecular weight is 433 g/mol. The topological polar surface area (TPSA) is 49.3 Å². The molecule has 0 bridgehead atoms. The fourth-order valence-electron chi connectivity index (χ4n) is 3.85. The summed E-state index contributed by atoms with van der Waals surface area (Å²) in [7, 11) is 5.41. The van der Waals surface area contributed by atoms with Crippen LogP contribution in [0.4, 0.5) is 14.5 Å². The number of rotatable bonds is 8. The van der Waals surface area contributed by atoms with Gasteiger partial charge >= 0.3 is 6.61 Å². The number of para-hydroxylation sites is 2. The second-order valence-electron chi connectivity index (χ2n) is 7.58. The van der Waals surface area contributed by atoms with Gasteiger partial charge < -0.3 is 24.6 Å². The maximum absolute atomic E-state index is 12.3. The van der Waals surface area contributed by atoms with Gasteiger partial charge in [0.15, 0.2) is 5.96 Å². The van der Waals surface area contributed by atoms with Crippen LogP contribution in [-0.4, -0.2) is 58.3 Å². The Morgan fingerprint density at radius 3 is 2.65 bits per heavy atom. The quantitative estimate of drug-likeness (QED) is 0.508. The van der Waals surface area contributed by atoms with Crippen molar-refractivity contribution in [2.45, 2.75) is 19.6 Å². The van der Waals surface area contributed by atoms with E-state index in [2.05, 4.69) is 26.0 Å². The molecule has 1 N–H and O–H groups in total. The van der Waals surface area contributed by atoms with Crippen molar-refractivity contribution in [1.82, 2.24) is 10.2 Å². The molecule has 3 rings (SSSR count). The molecule has 0 spiro atoms. The smallest absolute Gasteiger partial charge is 0.387 e. The fraction of sp³-hybridized carbons (Fsp3) is 0.435. The number of hydrogen-bond donors (Lipinski definition) is 1. The number of anilines is 1. The Morgan fingerprint density at radius 1 is 1.23 bits per heavy atom. The lowest BCUT2D eigenvalue weighted by Gasteiger charge is -2.24. The summed E-state index contributed by atoms with van der Waals surface area (Å²) < 4.78 is 34.5. The highest BCUT2D eigenvalue weighted by molar-refractivity contribution is 5.79. The molecule has 2 aromatic rings. The van der Waals surface area contributed by atoms with E-state index < -0.39 is 6.61 Å². The molecule has 168 valence electrons. The summed E-state index contributed by atoms with van der Waals surface area (Å²) in [6.07, 6.45) is 1.09. The molecule has 1 saturated heterocycles. The number of hydrogen-bond acceptors (Lipinski definition) is 4. The van der Waals surface area contributed by atoms with Gasteiger partial charge in [0.2, 0.25) is 0 Å².